The van der Waals surface area contributed by atoms with Crippen LogP contribution in [-0.4, -0.2) is 54.4 Å². The van der Waals surface area contributed by atoms with Gasteiger partial charge in [0.2, 0.25) is 6.79 Å². The normalized spacial score (nSPS) is 24.3. The maximum absolute atomic E-state index is 12.7. The Morgan fingerprint density at radius 2 is 1.96 bits per heavy atom. The van der Waals surface area contributed by atoms with Crippen LogP contribution in [0.3, 0.4) is 0 Å². The number of hydrogen-bond acceptors (Lipinski definition) is 5. The number of rotatable bonds is 2. The minimum Gasteiger partial charge on any atom is -0.480 e. The molecular weight excluding hydrogens is 312 g/mol. The number of carbonyl (C=O) groups excluding carboxylic acids is 1. The minimum absolute atomic E-state index is 0.00865. The third-order valence-corrected chi connectivity index (χ3v) is 5.39. The monoisotopic (exact) mass is 332 g/mol. The summed E-state index contributed by atoms with van der Waals surface area (Å²) in [7, 11) is 0. The molecule has 24 heavy (non-hydrogen) atoms. The van der Waals surface area contributed by atoms with Crippen LogP contribution >= 0.6 is 0 Å². The van der Waals surface area contributed by atoms with Crippen molar-refractivity contribution in [2.45, 2.75) is 25.3 Å². The molecule has 2 fully saturated rings. The third-order valence-electron chi connectivity index (χ3n) is 5.39. The maximum Gasteiger partial charge on any atom is 0.320 e. The van der Waals surface area contributed by atoms with Gasteiger partial charge in [0.1, 0.15) is 6.04 Å². The lowest BCUT2D eigenvalue weighted by Crippen LogP contribution is -2.44. The van der Waals surface area contributed by atoms with Crippen molar-refractivity contribution in [2.75, 3.05) is 26.4 Å². The number of ether oxygens (including phenoxy) is 2. The fraction of sp³-hybridized carbons (Fsp3) is 0.529. The molecule has 0 radical (unpaired) electrons. The summed E-state index contributed by atoms with van der Waals surface area (Å²) >= 11 is 0. The Morgan fingerprint density at radius 3 is 2.67 bits per heavy atom. The van der Waals surface area contributed by atoms with Crippen LogP contribution in [0.5, 0.6) is 11.5 Å². The number of amides is 1. The first-order valence-electron chi connectivity index (χ1n) is 8.21. The minimum atomic E-state index is -0.786. The number of nitrogens with zero attached hydrogens (tertiary/aromatic N) is 1. The van der Waals surface area contributed by atoms with Gasteiger partial charge in [0.05, 0.1) is 0 Å². The molecule has 0 bridgehead atoms. The maximum atomic E-state index is 12.7. The van der Waals surface area contributed by atoms with E-state index in [1.54, 1.807) is 18.2 Å². The molecule has 1 aromatic rings. The van der Waals surface area contributed by atoms with Gasteiger partial charge < -0.3 is 24.8 Å². The van der Waals surface area contributed by atoms with Crippen molar-refractivity contribution in [3.63, 3.8) is 0 Å². The summed E-state index contributed by atoms with van der Waals surface area (Å²) in [5.41, 5.74) is 0.609. The number of benzene rings is 1. The molecule has 1 spiro atoms. The van der Waals surface area contributed by atoms with Gasteiger partial charge in [-0.05, 0) is 42.9 Å². The smallest absolute Gasteiger partial charge is 0.320 e. The van der Waals surface area contributed by atoms with Crippen LogP contribution in [0.15, 0.2) is 18.2 Å². The van der Waals surface area contributed by atoms with Crippen molar-refractivity contribution in [3.05, 3.63) is 23.8 Å². The molecule has 3 heterocycles. The van der Waals surface area contributed by atoms with Crippen molar-refractivity contribution < 1.29 is 24.2 Å². The zero-order chi connectivity index (χ0) is 16.7. The van der Waals surface area contributed by atoms with E-state index < -0.39 is 12.0 Å². The number of aliphatic carboxylic acids is 1. The van der Waals surface area contributed by atoms with Crippen LogP contribution in [-0.2, 0) is 4.79 Å². The molecule has 0 saturated carbocycles. The Bertz CT molecular complexity index is 682. The Hall–Kier alpha value is -2.28. The first-order valence-corrected chi connectivity index (χ1v) is 8.21. The predicted octanol–water partition coefficient (Wildman–Crippen LogP) is 1.08. The van der Waals surface area contributed by atoms with Crippen LogP contribution in [0.4, 0.5) is 0 Å². The van der Waals surface area contributed by atoms with Crippen LogP contribution in [0.25, 0.3) is 0 Å². The van der Waals surface area contributed by atoms with Crippen molar-refractivity contribution >= 4 is 11.9 Å². The molecular formula is C17H20N2O5. The van der Waals surface area contributed by atoms with Gasteiger partial charge >= 0.3 is 5.97 Å². The number of carbonyl (C=O) groups is 2. The fourth-order valence-corrected chi connectivity index (χ4v) is 3.87. The summed E-state index contributed by atoms with van der Waals surface area (Å²) in [6, 6.07) is 4.80. The van der Waals surface area contributed by atoms with E-state index in [9.17, 15) is 9.59 Å². The van der Waals surface area contributed by atoms with Gasteiger partial charge in [-0.15, -0.1) is 0 Å². The molecule has 1 aromatic carbocycles. The quantitative estimate of drug-likeness (QED) is 0.843. The molecule has 7 nitrogen and oxygen atoms in total. The Balaban J connectivity index is 1.41. The second kappa shape index (κ2) is 5.66. The summed E-state index contributed by atoms with van der Waals surface area (Å²) in [4.78, 5) is 25.7. The molecule has 2 N–H and O–H groups in total. The van der Waals surface area contributed by atoms with Crippen LogP contribution < -0.4 is 14.8 Å². The second-order valence-electron chi connectivity index (χ2n) is 6.84. The molecule has 0 unspecified atom stereocenters. The number of likely N-dealkylation sites (tertiary alicyclic amines) is 1. The fourth-order valence-electron chi connectivity index (χ4n) is 3.87. The van der Waals surface area contributed by atoms with Crippen molar-refractivity contribution in [2.24, 2.45) is 5.41 Å². The van der Waals surface area contributed by atoms with Gasteiger partial charge in [0.25, 0.3) is 5.91 Å². The summed E-state index contributed by atoms with van der Waals surface area (Å²) in [6.45, 7) is 2.22. The number of carboxylic acids is 1. The standard InChI is InChI=1S/C17H20N2O5/c20-15(11-1-2-13-14(7-11)24-10-23-13)19-5-3-17(4-6-19)8-12(16(21)22)18-9-17/h1-2,7,12,18H,3-6,8-10H2,(H,21,22)/t12-/m1/s1. The summed E-state index contributed by atoms with van der Waals surface area (Å²) in [6.07, 6.45) is 2.31. The van der Waals surface area contributed by atoms with E-state index in [4.69, 9.17) is 14.6 Å². The molecule has 3 aliphatic rings. The highest BCUT2D eigenvalue weighted by molar-refractivity contribution is 5.95. The summed E-state index contributed by atoms with van der Waals surface area (Å²) in [5.74, 6) is 0.481. The van der Waals surface area contributed by atoms with Crippen LogP contribution in [0.1, 0.15) is 29.6 Å². The number of piperidine rings is 1. The van der Waals surface area contributed by atoms with Crippen molar-refractivity contribution in [1.29, 1.82) is 0 Å². The van der Waals surface area contributed by atoms with E-state index in [1.807, 2.05) is 4.90 Å². The largest absolute Gasteiger partial charge is 0.480 e. The first-order chi connectivity index (χ1) is 11.6. The van der Waals surface area contributed by atoms with Gasteiger partial charge in [0, 0.05) is 25.2 Å². The van der Waals surface area contributed by atoms with Crippen molar-refractivity contribution in [1.82, 2.24) is 10.2 Å². The van der Waals surface area contributed by atoms with E-state index in [1.165, 1.54) is 0 Å². The highest BCUT2D eigenvalue weighted by Gasteiger charge is 2.44. The Morgan fingerprint density at radius 1 is 1.21 bits per heavy atom. The molecule has 2 saturated heterocycles. The molecule has 0 aliphatic carbocycles. The highest BCUT2D eigenvalue weighted by Crippen LogP contribution is 2.40. The van der Waals surface area contributed by atoms with E-state index in [0.29, 0.717) is 36.6 Å². The molecule has 4 rings (SSSR count). The molecule has 7 heteroatoms. The Labute approximate surface area is 139 Å². The second-order valence-corrected chi connectivity index (χ2v) is 6.84. The average molecular weight is 332 g/mol. The zero-order valence-electron chi connectivity index (χ0n) is 13.3. The third kappa shape index (κ3) is 2.58. The lowest BCUT2D eigenvalue weighted by molar-refractivity contribution is -0.139. The van der Waals surface area contributed by atoms with Crippen molar-refractivity contribution in [3.8, 4) is 11.5 Å². The summed E-state index contributed by atoms with van der Waals surface area (Å²) in [5, 5.41) is 12.2. The lowest BCUT2D eigenvalue weighted by Gasteiger charge is -2.39. The highest BCUT2D eigenvalue weighted by atomic mass is 16.7. The van der Waals surface area contributed by atoms with E-state index in [2.05, 4.69) is 5.32 Å². The topological polar surface area (TPSA) is 88.1 Å². The molecule has 1 amide bonds. The molecule has 0 aromatic heterocycles. The SMILES string of the molecule is O=C(O)[C@H]1CC2(CCN(C(=O)c3ccc4c(c3)OCO4)CC2)CN1. The molecule has 3 aliphatic heterocycles. The van der Waals surface area contributed by atoms with E-state index >= 15 is 0 Å². The van der Waals surface area contributed by atoms with Gasteiger partial charge in [0.15, 0.2) is 11.5 Å². The van der Waals surface area contributed by atoms with Gasteiger partial charge in [-0.3, -0.25) is 9.59 Å². The average Bonchev–Trinajstić information content (AvgIpc) is 3.21. The van der Waals surface area contributed by atoms with Crippen LogP contribution in [0.2, 0.25) is 0 Å². The molecule has 128 valence electrons. The van der Waals surface area contributed by atoms with Gasteiger partial charge in [-0.2, -0.15) is 0 Å². The first kappa shape index (κ1) is 15.3. The number of nitrogens with one attached hydrogen (secondary N) is 1. The molecule has 1 atom stereocenters. The predicted molar refractivity (Wildman–Crippen MR) is 84.2 cm³/mol. The van der Waals surface area contributed by atoms with E-state index in [0.717, 1.165) is 19.4 Å². The van der Waals surface area contributed by atoms with E-state index in [-0.39, 0.29) is 18.1 Å². The van der Waals surface area contributed by atoms with Gasteiger partial charge in [-0.1, -0.05) is 0 Å². The number of fused-ring (bicyclic) bond motifs is 1. The number of hydrogen-bond donors (Lipinski definition) is 2. The zero-order valence-corrected chi connectivity index (χ0v) is 13.3. The lowest BCUT2D eigenvalue weighted by atomic mass is 9.76. The van der Waals surface area contributed by atoms with Gasteiger partial charge in [-0.25, -0.2) is 0 Å². The summed E-state index contributed by atoms with van der Waals surface area (Å²) < 4.78 is 10.6. The Kier molecular flexibility index (Phi) is 3.60. The number of carboxylic acid groups (broad SMARTS) is 1. The van der Waals surface area contributed by atoms with Crippen LogP contribution in [0, 0.1) is 5.41 Å².